The number of anilines is 1. The van der Waals surface area contributed by atoms with Crippen molar-refractivity contribution in [2.45, 2.75) is 32.6 Å². The number of hydrogen-bond donors (Lipinski definition) is 1. The molecule has 0 fully saturated rings. The molecule has 4 rings (SSSR count). The normalized spacial score (nSPS) is 13.1. The Morgan fingerprint density at radius 2 is 1.93 bits per heavy atom. The molecule has 1 N–H and O–H groups in total. The second kappa shape index (κ2) is 7.61. The molecule has 1 heterocycles. The molecule has 3 aromatic rings. The minimum atomic E-state index is -0.311. The van der Waals surface area contributed by atoms with Gasteiger partial charge in [0.25, 0.3) is 5.91 Å². The van der Waals surface area contributed by atoms with Crippen LogP contribution in [0.25, 0.3) is 11.3 Å². The van der Waals surface area contributed by atoms with Crippen LogP contribution >= 0.6 is 0 Å². The average Bonchev–Trinajstić information content (AvgIpc) is 3.16. The number of carbonyl (C=O) groups excluding carboxylic acids is 1. The van der Waals surface area contributed by atoms with E-state index in [0.717, 1.165) is 18.4 Å². The number of para-hydroxylation sites is 1. The molecule has 6 nitrogen and oxygen atoms in total. The zero-order chi connectivity index (χ0) is 18.6. The van der Waals surface area contributed by atoms with Crippen LogP contribution in [0.2, 0.25) is 0 Å². The summed E-state index contributed by atoms with van der Waals surface area (Å²) < 4.78 is 10.4. The molecule has 1 aliphatic rings. The molecule has 0 aliphatic heterocycles. The van der Waals surface area contributed by atoms with Crippen LogP contribution in [0, 0.1) is 0 Å². The number of aromatic nitrogens is 2. The van der Waals surface area contributed by atoms with E-state index in [2.05, 4.69) is 27.8 Å². The summed E-state index contributed by atoms with van der Waals surface area (Å²) in [6.07, 6.45) is 4.62. The molecule has 138 valence electrons. The van der Waals surface area contributed by atoms with Gasteiger partial charge in [-0.2, -0.15) is 0 Å². The van der Waals surface area contributed by atoms with Gasteiger partial charge in [0.1, 0.15) is 5.75 Å². The van der Waals surface area contributed by atoms with E-state index in [-0.39, 0.29) is 5.91 Å². The van der Waals surface area contributed by atoms with Crippen molar-refractivity contribution in [3.8, 4) is 17.0 Å². The van der Waals surface area contributed by atoms with E-state index in [1.807, 2.05) is 19.1 Å². The molecular formula is C21H21N3O3. The predicted molar refractivity (Wildman–Crippen MR) is 102 cm³/mol. The van der Waals surface area contributed by atoms with Gasteiger partial charge in [-0.1, -0.05) is 24.3 Å². The Kier molecular flexibility index (Phi) is 4.87. The Morgan fingerprint density at radius 1 is 1.11 bits per heavy atom. The molecule has 2 aromatic carbocycles. The van der Waals surface area contributed by atoms with Gasteiger partial charge in [0, 0.05) is 5.56 Å². The summed E-state index contributed by atoms with van der Waals surface area (Å²) in [7, 11) is 0. The van der Waals surface area contributed by atoms with Gasteiger partial charge in [0.15, 0.2) is 5.69 Å². The maximum absolute atomic E-state index is 12.7. The van der Waals surface area contributed by atoms with Crippen LogP contribution < -0.4 is 10.1 Å². The maximum Gasteiger partial charge on any atom is 0.260 e. The van der Waals surface area contributed by atoms with Crippen molar-refractivity contribution in [1.82, 2.24) is 10.3 Å². The number of carbonyl (C=O) groups is 1. The standard InChI is InChI=1S/C21H21N3O3/c1-2-26-18-10-6-5-9-17(18)21(25)22-20-19(23-27-24-20)16-12-11-14-7-3-4-8-15(14)13-16/h5-6,9-13H,2-4,7-8H2,1H3,(H,22,24,25). The lowest BCUT2D eigenvalue weighted by Crippen LogP contribution is -2.14. The third-order valence-electron chi connectivity index (χ3n) is 4.77. The Hall–Kier alpha value is -3.15. The first-order valence-electron chi connectivity index (χ1n) is 9.24. The molecule has 0 saturated carbocycles. The molecule has 0 bridgehead atoms. The molecule has 0 unspecified atom stereocenters. The second-order valence-electron chi connectivity index (χ2n) is 6.54. The van der Waals surface area contributed by atoms with Crippen molar-refractivity contribution in [1.29, 1.82) is 0 Å². The van der Waals surface area contributed by atoms with Crippen molar-refractivity contribution < 1.29 is 14.2 Å². The number of benzene rings is 2. The maximum atomic E-state index is 12.7. The van der Waals surface area contributed by atoms with E-state index in [1.165, 1.54) is 24.0 Å². The van der Waals surface area contributed by atoms with Crippen LogP contribution in [-0.2, 0) is 12.8 Å². The zero-order valence-corrected chi connectivity index (χ0v) is 15.2. The highest BCUT2D eigenvalue weighted by atomic mass is 16.6. The van der Waals surface area contributed by atoms with Crippen LogP contribution in [0.4, 0.5) is 5.82 Å². The summed E-state index contributed by atoms with van der Waals surface area (Å²) >= 11 is 0. The van der Waals surface area contributed by atoms with Gasteiger partial charge in [-0.3, -0.25) is 4.79 Å². The Bertz CT molecular complexity index is 965. The van der Waals surface area contributed by atoms with E-state index in [1.54, 1.807) is 18.2 Å². The van der Waals surface area contributed by atoms with E-state index >= 15 is 0 Å². The summed E-state index contributed by atoms with van der Waals surface area (Å²) in [4.78, 5) is 12.7. The van der Waals surface area contributed by atoms with Crippen LogP contribution in [0.5, 0.6) is 5.75 Å². The molecule has 0 saturated heterocycles. The van der Waals surface area contributed by atoms with E-state index in [9.17, 15) is 4.79 Å². The number of aryl methyl sites for hydroxylation is 2. The second-order valence-corrected chi connectivity index (χ2v) is 6.54. The summed E-state index contributed by atoms with van der Waals surface area (Å²) in [6.45, 7) is 2.36. The largest absolute Gasteiger partial charge is 0.493 e. The topological polar surface area (TPSA) is 77.2 Å². The van der Waals surface area contributed by atoms with Gasteiger partial charge in [-0.15, -0.1) is 0 Å². The first-order valence-corrected chi connectivity index (χ1v) is 9.24. The molecule has 1 aliphatic carbocycles. The Labute approximate surface area is 157 Å². The summed E-state index contributed by atoms with van der Waals surface area (Å²) in [5.74, 6) is 0.528. The van der Waals surface area contributed by atoms with Crippen molar-refractivity contribution in [2.75, 3.05) is 11.9 Å². The highest BCUT2D eigenvalue weighted by molar-refractivity contribution is 6.07. The molecule has 0 radical (unpaired) electrons. The van der Waals surface area contributed by atoms with Crippen molar-refractivity contribution in [3.05, 3.63) is 59.2 Å². The van der Waals surface area contributed by atoms with Crippen LogP contribution in [0.3, 0.4) is 0 Å². The number of nitrogens with one attached hydrogen (secondary N) is 1. The van der Waals surface area contributed by atoms with Gasteiger partial charge < -0.3 is 10.1 Å². The number of nitrogens with zero attached hydrogens (tertiary/aromatic N) is 2. The van der Waals surface area contributed by atoms with Gasteiger partial charge in [0.2, 0.25) is 5.82 Å². The fraction of sp³-hybridized carbons (Fsp3) is 0.286. The highest BCUT2D eigenvalue weighted by Gasteiger charge is 2.20. The lowest BCUT2D eigenvalue weighted by Gasteiger charge is -2.16. The molecule has 1 amide bonds. The summed E-state index contributed by atoms with van der Waals surface area (Å²) in [5.41, 5.74) is 4.59. The van der Waals surface area contributed by atoms with Crippen LogP contribution in [0.15, 0.2) is 47.1 Å². The molecular weight excluding hydrogens is 342 g/mol. The van der Waals surface area contributed by atoms with Gasteiger partial charge in [0.05, 0.1) is 12.2 Å². The molecule has 1 aromatic heterocycles. The quantitative estimate of drug-likeness (QED) is 0.733. The fourth-order valence-corrected chi connectivity index (χ4v) is 3.45. The number of hydrogen-bond acceptors (Lipinski definition) is 5. The first kappa shape index (κ1) is 17.3. The highest BCUT2D eigenvalue weighted by Crippen LogP contribution is 2.30. The molecule has 0 atom stereocenters. The van der Waals surface area contributed by atoms with E-state index < -0.39 is 0 Å². The van der Waals surface area contributed by atoms with Gasteiger partial charge >= 0.3 is 0 Å². The van der Waals surface area contributed by atoms with Crippen LogP contribution in [-0.4, -0.2) is 22.8 Å². The third-order valence-corrected chi connectivity index (χ3v) is 4.77. The molecule has 27 heavy (non-hydrogen) atoms. The SMILES string of the molecule is CCOc1ccccc1C(=O)Nc1nonc1-c1ccc2c(c1)CCCC2. The summed E-state index contributed by atoms with van der Waals surface area (Å²) in [6, 6.07) is 13.4. The summed E-state index contributed by atoms with van der Waals surface area (Å²) in [5, 5.41) is 10.7. The third kappa shape index (κ3) is 3.56. The van der Waals surface area contributed by atoms with Gasteiger partial charge in [-0.25, -0.2) is 4.63 Å². The van der Waals surface area contributed by atoms with Crippen LogP contribution in [0.1, 0.15) is 41.3 Å². The monoisotopic (exact) mass is 363 g/mol. The fourth-order valence-electron chi connectivity index (χ4n) is 3.45. The average molecular weight is 363 g/mol. The predicted octanol–water partition coefficient (Wildman–Crippen LogP) is 4.27. The smallest absolute Gasteiger partial charge is 0.260 e. The minimum absolute atomic E-state index is 0.307. The van der Waals surface area contributed by atoms with Crippen molar-refractivity contribution >= 4 is 11.7 Å². The lowest BCUT2D eigenvalue weighted by molar-refractivity contribution is 0.102. The first-order chi connectivity index (χ1) is 13.3. The Morgan fingerprint density at radius 3 is 2.78 bits per heavy atom. The number of ether oxygens (including phenoxy) is 1. The zero-order valence-electron chi connectivity index (χ0n) is 15.2. The van der Waals surface area contributed by atoms with Crippen molar-refractivity contribution in [3.63, 3.8) is 0 Å². The molecule has 0 spiro atoms. The van der Waals surface area contributed by atoms with Crippen molar-refractivity contribution in [2.24, 2.45) is 0 Å². The Balaban J connectivity index is 1.60. The molecule has 6 heteroatoms. The van der Waals surface area contributed by atoms with Gasteiger partial charge in [-0.05, 0) is 72.2 Å². The minimum Gasteiger partial charge on any atom is -0.493 e. The number of rotatable bonds is 5. The number of amides is 1. The lowest BCUT2D eigenvalue weighted by atomic mass is 9.90. The van der Waals surface area contributed by atoms with E-state index in [4.69, 9.17) is 9.37 Å². The number of fused-ring (bicyclic) bond motifs is 1. The van der Waals surface area contributed by atoms with E-state index in [0.29, 0.717) is 29.4 Å².